The lowest BCUT2D eigenvalue weighted by Crippen LogP contribution is -2.43. The van der Waals surface area contributed by atoms with Gasteiger partial charge in [-0.15, -0.1) is 11.3 Å². The van der Waals surface area contributed by atoms with Crippen LogP contribution >= 0.6 is 11.3 Å². The van der Waals surface area contributed by atoms with Crippen LogP contribution < -0.4 is 16.0 Å². The first kappa shape index (κ1) is 19.1. The number of nitrogens with one attached hydrogen (secondary N) is 3. The highest BCUT2D eigenvalue weighted by Gasteiger charge is 2.16. The van der Waals surface area contributed by atoms with Crippen LogP contribution in [0.4, 0.5) is 5.13 Å². The molecule has 144 valence electrons. The molecule has 3 rings (SSSR count). The molecule has 2 heterocycles. The van der Waals surface area contributed by atoms with Gasteiger partial charge >= 0.3 is 0 Å². The first-order valence-corrected chi connectivity index (χ1v) is 9.83. The van der Waals surface area contributed by atoms with Crippen LogP contribution in [0.3, 0.4) is 0 Å². The fourth-order valence-electron chi connectivity index (χ4n) is 2.94. The van der Waals surface area contributed by atoms with Crippen molar-refractivity contribution < 1.29 is 18.8 Å². The van der Waals surface area contributed by atoms with Gasteiger partial charge < -0.3 is 15.1 Å². The summed E-state index contributed by atoms with van der Waals surface area (Å²) in [6, 6.07) is 3.40. The highest BCUT2D eigenvalue weighted by atomic mass is 32.1. The number of carbonyl (C=O) groups excluding carboxylic acids is 3. The number of nitrogens with zero attached hydrogens (tertiary/aromatic N) is 1. The second-order valence-corrected chi connectivity index (χ2v) is 7.29. The number of hydrogen-bond donors (Lipinski definition) is 3. The lowest BCUT2D eigenvalue weighted by molar-refractivity contribution is -0.126. The van der Waals surface area contributed by atoms with Gasteiger partial charge in [0.05, 0.1) is 24.9 Å². The van der Waals surface area contributed by atoms with Crippen molar-refractivity contribution >= 4 is 34.2 Å². The van der Waals surface area contributed by atoms with Gasteiger partial charge in [0.15, 0.2) is 10.9 Å². The number of carbonyl (C=O) groups is 3. The summed E-state index contributed by atoms with van der Waals surface area (Å²) in [5, 5.41) is 10.2. The van der Waals surface area contributed by atoms with Gasteiger partial charge in [0.2, 0.25) is 11.8 Å². The lowest BCUT2D eigenvalue weighted by atomic mass is 9.95. The minimum atomic E-state index is -0.398. The molecule has 0 spiro atoms. The zero-order chi connectivity index (χ0) is 19.1. The van der Waals surface area contributed by atoms with Crippen LogP contribution in [0.1, 0.15) is 48.4 Å². The Bertz CT molecular complexity index is 781. The van der Waals surface area contributed by atoms with E-state index in [1.54, 1.807) is 17.5 Å². The Balaban J connectivity index is 1.39. The molecule has 0 unspecified atom stereocenters. The molecule has 0 bridgehead atoms. The van der Waals surface area contributed by atoms with E-state index in [-0.39, 0.29) is 36.6 Å². The van der Waals surface area contributed by atoms with Crippen molar-refractivity contribution in [3.05, 3.63) is 35.2 Å². The average Bonchev–Trinajstić information content (AvgIpc) is 3.33. The predicted octanol–water partition coefficient (Wildman–Crippen LogP) is 2.10. The number of thiazole rings is 1. The summed E-state index contributed by atoms with van der Waals surface area (Å²) in [6.07, 6.45) is 6.97. The molecule has 9 heteroatoms. The molecule has 3 N–H and O–H groups in total. The molecule has 0 radical (unpaired) electrons. The van der Waals surface area contributed by atoms with Crippen LogP contribution in [-0.4, -0.2) is 35.3 Å². The van der Waals surface area contributed by atoms with E-state index < -0.39 is 5.91 Å². The summed E-state index contributed by atoms with van der Waals surface area (Å²) in [4.78, 5) is 40.0. The number of amides is 3. The quantitative estimate of drug-likeness (QED) is 0.670. The maximum Gasteiger partial charge on any atom is 0.293 e. The molecule has 0 aromatic carbocycles. The Morgan fingerprint density at radius 3 is 2.74 bits per heavy atom. The smallest absolute Gasteiger partial charge is 0.293 e. The Morgan fingerprint density at radius 1 is 1.19 bits per heavy atom. The van der Waals surface area contributed by atoms with Crippen molar-refractivity contribution in [2.24, 2.45) is 0 Å². The van der Waals surface area contributed by atoms with Gasteiger partial charge in [-0.25, -0.2) is 4.98 Å². The first-order chi connectivity index (χ1) is 13.1. The van der Waals surface area contributed by atoms with Gasteiger partial charge in [0.1, 0.15) is 0 Å². The van der Waals surface area contributed by atoms with Crippen molar-refractivity contribution in [1.82, 2.24) is 15.6 Å². The van der Waals surface area contributed by atoms with Crippen LogP contribution in [0.5, 0.6) is 0 Å². The molecule has 2 aromatic heterocycles. The lowest BCUT2D eigenvalue weighted by Gasteiger charge is -2.22. The molecule has 2 aromatic rings. The van der Waals surface area contributed by atoms with Gasteiger partial charge in [-0.05, 0) is 25.0 Å². The highest BCUT2D eigenvalue weighted by molar-refractivity contribution is 7.14. The highest BCUT2D eigenvalue weighted by Crippen LogP contribution is 2.18. The second kappa shape index (κ2) is 9.31. The molecule has 1 saturated carbocycles. The SMILES string of the molecule is O=C(Cc1csc(NC(=O)c2ccco2)n1)NCC(=O)NC1CCCCC1. The molecular formula is C18H22N4O4S. The van der Waals surface area contributed by atoms with E-state index in [9.17, 15) is 14.4 Å². The van der Waals surface area contributed by atoms with Crippen LogP contribution in [-0.2, 0) is 16.0 Å². The summed E-state index contributed by atoms with van der Waals surface area (Å²) in [5.41, 5.74) is 0.528. The number of hydrogen-bond acceptors (Lipinski definition) is 6. The van der Waals surface area contributed by atoms with Crippen molar-refractivity contribution in [3.8, 4) is 0 Å². The summed E-state index contributed by atoms with van der Waals surface area (Å²) < 4.78 is 5.01. The Labute approximate surface area is 160 Å². The van der Waals surface area contributed by atoms with Gasteiger partial charge in [-0.2, -0.15) is 0 Å². The number of aromatic nitrogens is 1. The van der Waals surface area contributed by atoms with Crippen LogP contribution in [0.25, 0.3) is 0 Å². The van der Waals surface area contributed by atoms with E-state index in [0.29, 0.717) is 10.8 Å². The van der Waals surface area contributed by atoms with Gasteiger partial charge in [0, 0.05) is 11.4 Å². The van der Waals surface area contributed by atoms with Crippen molar-refractivity contribution in [2.75, 3.05) is 11.9 Å². The fourth-order valence-corrected chi connectivity index (χ4v) is 3.65. The third kappa shape index (κ3) is 5.92. The van der Waals surface area contributed by atoms with Gasteiger partial charge in [-0.3, -0.25) is 19.7 Å². The largest absolute Gasteiger partial charge is 0.459 e. The van der Waals surface area contributed by atoms with E-state index in [1.165, 1.54) is 24.0 Å². The topological polar surface area (TPSA) is 113 Å². The molecule has 27 heavy (non-hydrogen) atoms. The van der Waals surface area contributed by atoms with E-state index >= 15 is 0 Å². The molecule has 0 atom stereocenters. The third-order valence-corrected chi connectivity index (χ3v) is 5.08. The maximum absolute atomic E-state index is 12.0. The number of anilines is 1. The molecule has 8 nitrogen and oxygen atoms in total. The van der Waals surface area contributed by atoms with Gasteiger partial charge in [0.25, 0.3) is 5.91 Å². The minimum absolute atomic E-state index is 0.0401. The van der Waals surface area contributed by atoms with Crippen molar-refractivity contribution in [1.29, 1.82) is 0 Å². The standard InChI is InChI=1S/C18H22N4O4S/c23-15(19-10-16(24)20-12-5-2-1-3-6-12)9-13-11-27-18(21-13)22-17(25)14-7-4-8-26-14/h4,7-8,11-12H,1-3,5-6,9-10H2,(H,19,23)(H,20,24)(H,21,22,25). The second-order valence-electron chi connectivity index (χ2n) is 6.43. The fraction of sp³-hybridized carbons (Fsp3) is 0.444. The molecule has 1 aliphatic carbocycles. The molecule has 3 amide bonds. The maximum atomic E-state index is 12.0. The Kier molecular flexibility index (Phi) is 6.59. The van der Waals surface area contributed by atoms with Crippen molar-refractivity contribution in [2.45, 2.75) is 44.6 Å². The number of furan rings is 1. The van der Waals surface area contributed by atoms with E-state index in [1.807, 2.05) is 0 Å². The summed E-state index contributed by atoms with van der Waals surface area (Å²) >= 11 is 1.22. The minimum Gasteiger partial charge on any atom is -0.459 e. The monoisotopic (exact) mass is 390 g/mol. The summed E-state index contributed by atoms with van der Waals surface area (Å²) in [5.74, 6) is -0.666. The Hall–Kier alpha value is -2.68. The predicted molar refractivity (Wildman–Crippen MR) is 101 cm³/mol. The summed E-state index contributed by atoms with van der Waals surface area (Å²) in [7, 11) is 0. The molecular weight excluding hydrogens is 368 g/mol. The van der Waals surface area contributed by atoms with Crippen LogP contribution in [0.2, 0.25) is 0 Å². The Morgan fingerprint density at radius 2 is 2.00 bits per heavy atom. The zero-order valence-electron chi connectivity index (χ0n) is 14.8. The average molecular weight is 390 g/mol. The van der Waals surface area contributed by atoms with Gasteiger partial charge in [-0.1, -0.05) is 19.3 Å². The van der Waals surface area contributed by atoms with E-state index in [4.69, 9.17) is 4.42 Å². The first-order valence-electron chi connectivity index (χ1n) is 8.95. The van der Waals surface area contributed by atoms with Crippen molar-refractivity contribution in [3.63, 3.8) is 0 Å². The molecule has 0 saturated heterocycles. The summed E-state index contributed by atoms with van der Waals surface area (Å²) in [6.45, 7) is -0.0401. The van der Waals surface area contributed by atoms with Crippen LogP contribution in [0.15, 0.2) is 28.2 Å². The molecule has 1 aliphatic rings. The van der Waals surface area contributed by atoms with E-state index in [2.05, 4.69) is 20.9 Å². The van der Waals surface area contributed by atoms with Crippen LogP contribution in [0, 0.1) is 0 Å². The zero-order valence-corrected chi connectivity index (χ0v) is 15.6. The number of rotatable bonds is 7. The molecule has 1 fully saturated rings. The third-order valence-electron chi connectivity index (χ3n) is 4.28. The molecule has 0 aliphatic heterocycles. The normalized spacial score (nSPS) is 14.5. The van der Waals surface area contributed by atoms with E-state index in [0.717, 1.165) is 25.7 Å².